The van der Waals surface area contributed by atoms with Crippen molar-refractivity contribution >= 4 is 21.4 Å². The van der Waals surface area contributed by atoms with Gasteiger partial charge < -0.3 is 11.5 Å². The highest BCUT2D eigenvalue weighted by molar-refractivity contribution is 7.17. The summed E-state index contributed by atoms with van der Waals surface area (Å²) in [4.78, 5) is 0. The molecule has 2 aromatic rings. The summed E-state index contributed by atoms with van der Waals surface area (Å²) < 4.78 is 1.30. The van der Waals surface area contributed by atoms with Crippen molar-refractivity contribution < 1.29 is 0 Å². The van der Waals surface area contributed by atoms with Gasteiger partial charge in [-0.15, -0.1) is 11.3 Å². The molecule has 1 fully saturated rings. The van der Waals surface area contributed by atoms with Crippen LogP contribution in [0.4, 0.5) is 0 Å². The number of rotatable bonds is 2. The van der Waals surface area contributed by atoms with Gasteiger partial charge in [0.15, 0.2) is 0 Å². The zero-order valence-electron chi connectivity index (χ0n) is 8.44. The molecule has 0 bridgehead atoms. The third-order valence-electron chi connectivity index (χ3n) is 3.29. The molecule has 0 aliphatic heterocycles. The van der Waals surface area contributed by atoms with Crippen LogP contribution in [-0.4, -0.2) is 5.54 Å². The van der Waals surface area contributed by atoms with Gasteiger partial charge in [-0.2, -0.15) is 0 Å². The predicted octanol–water partition coefficient (Wildman–Crippen LogP) is 2.39. The van der Waals surface area contributed by atoms with Gasteiger partial charge in [0.1, 0.15) is 0 Å². The van der Waals surface area contributed by atoms with Crippen LogP contribution in [0.25, 0.3) is 10.1 Å². The van der Waals surface area contributed by atoms with Crippen molar-refractivity contribution in [1.82, 2.24) is 0 Å². The largest absolute Gasteiger partial charge is 0.323 e. The molecule has 3 rings (SSSR count). The summed E-state index contributed by atoms with van der Waals surface area (Å²) in [5.41, 5.74) is 13.5. The quantitative estimate of drug-likeness (QED) is 0.813. The standard InChI is InChI=1S/C12H14N2S/c13-11(12(14)5-6-12)9-7-15-10-4-2-1-3-8(9)10/h1-4,7,11H,5-6,13-14H2. The Morgan fingerprint density at radius 1 is 1.27 bits per heavy atom. The number of hydrogen-bond acceptors (Lipinski definition) is 3. The van der Waals surface area contributed by atoms with Crippen molar-refractivity contribution in [1.29, 1.82) is 0 Å². The molecular weight excluding hydrogens is 204 g/mol. The first-order valence-corrected chi connectivity index (χ1v) is 6.09. The van der Waals surface area contributed by atoms with Crippen LogP contribution >= 0.6 is 11.3 Å². The van der Waals surface area contributed by atoms with Crippen LogP contribution in [0.5, 0.6) is 0 Å². The second-order valence-electron chi connectivity index (χ2n) is 4.40. The van der Waals surface area contributed by atoms with E-state index in [0.717, 1.165) is 12.8 Å². The van der Waals surface area contributed by atoms with Gasteiger partial charge in [0.25, 0.3) is 0 Å². The molecule has 0 amide bonds. The van der Waals surface area contributed by atoms with Gasteiger partial charge in [0, 0.05) is 16.3 Å². The van der Waals surface area contributed by atoms with E-state index in [-0.39, 0.29) is 11.6 Å². The summed E-state index contributed by atoms with van der Waals surface area (Å²) in [5.74, 6) is 0. The van der Waals surface area contributed by atoms with Gasteiger partial charge in [-0.25, -0.2) is 0 Å². The smallest absolute Gasteiger partial charge is 0.0492 e. The second kappa shape index (κ2) is 3.04. The van der Waals surface area contributed by atoms with E-state index in [9.17, 15) is 0 Å². The summed E-state index contributed by atoms with van der Waals surface area (Å²) in [6, 6.07) is 8.37. The fourth-order valence-electron chi connectivity index (χ4n) is 2.00. The molecule has 0 spiro atoms. The average Bonchev–Trinajstić information content (AvgIpc) is 2.87. The van der Waals surface area contributed by atoms with E-state index in [2.05, 4.69) is 29.6 Å². The van der Waals surface area contributed by atoms with Gasteiger partial charge in [0.2, 0.25) is 0 Å². The first kappa shape index (κ1) is 9.33. The summed E-state index contributed by atoms with van der Waals surface area (Å²) in [6.07, 6.45) is 2.11. The molecule has 15 heavy (non-hydrogen) atoms. The van der Waals surface area contributed by atoms with Gasteiger partial charge in [-0.05, 0) is 35.2 Å². The summed E-state index contributed by atoms with van der Waals surface area (Å²) in [7, 11) is 0. The van der Waals surface area contributed by atoms with Crippen LogP contribution in [0.15, 0.2) is 29.6 Å². The Bertz CT molecular complexity index is 499. The zero-order valence-corrected chi connectivity index (χ0v) is 9.26. The molecule has 0 radical (unpaired) electrons. The maximum absolute atomic E-state index is 6.23. The maximum Gasteiger partial charge on any atom is 0.0492 e. The first-order valence-electron chi connectivity index (χ1n) is 5.21. The second-order valence-corrected chi connectivity index (χ2v) is 5.31. The molecule has 1 saturated carbocycles. The fraction of sp³-hybridized carbons (Fsp3) is 0.333. The van der Waals surface area contributed by atoms with E-state index in [0.29, 0.717) is 0 Å². The molecular formula is C12H14N2S. The summed E-state index contributed by atoms with van der Waals surface area (Å²) in [5, 5.41) is 3.43. The molecule has 1 heterocycles. The van der Waals surface area contributed by atoms with Crippen molar-refractivity contribution in [3.05, 3.63) is 35.2 Å². The van der Waals surface area contributed by atoms with Crippen molar-refractivity contribution in [3.63, 3.8) is 0 Å². The third-order valence-corrected chi connectivity index (χ3v) is 4.27. The topological polar surface area (TPSA) is 52.0 Å². The van der Waals surface area contributed by atoms with Crippen LogP contribution in [0.3, 0.4) is 0 Å². The highest BCUT2D eigenvalue weighted by Crippen LogP contribution is 2.44. The van der Waals surface area contributed by atoms with Crippen LogP contribution in [0.2, 0.25) is 0 Å². The molecule has 4 N–H and O–H groups in total. The number of hydrogen-bond donors (Lipinski definition) is 2. The Balaban J connectivity index is 2.11. The van der Waals surface area contributed by atoms with E-state index < -0.39 is 0 Å². The minimum absolute atomic E-state index is 0.00588. The first-order chi connectivity index (χ1) is 7.21. The monoisotopic (exact) mass is 218 g/mol. The Hall–Kier alpha value is -0.900. The van der Waals surface area contributed by atoms with Crippen LogP contribution in [0.1, 0.15) is 24.4 Å². The Morgan fingerprint density at radius 2 is 2.00 bits per heavy atom. The normalized spacial score (nSPS) is 20.4. The fourth-order valence-corrected chi connectivity index (χ4v) is 3.00. The van der Waals surface area contributed by atoms with Gasteiger partial charge in [-0.3, -0.25) is 0 Å². The molecule has 1 unspecified atom stereocenters. The lowest BCUT2D eigenvalue weighted by Gasteiger charge is -2.18. The Morgan fingerprint density at radius 3 is 2.73 bits per heavy atom. The van der Waals surface area contributed by atoms with Crippen molar-refractivity contribution in [2.45, 2.75) is 24.4 Å². The van der Waals surface area contributed by atoms with Crippen LogP contribution < -0.4 is 11.5 Å². The molecule has 1 atom stereocenters. The van der Waals surface area contributed by atoms with E-state index in [1.54, 1.807) is 11.3 Å². The minimum Gasteiger partial charge on any atom is -0.323 e. The molecule has 3 heteroatoms. The Labute approximate surface area is 92.9 Å². The van der Waals surface area contributed by atoms with Crippen molar-refractivity contribution in [2.24, 2.45) is 11.5 Å². The van der Waals surface area contributed by atoms with Crippen LogP contribution in [-0.2, 0) is 0 Å². The summed E-state index contributed by atoms with van der Waals surface area (Å²) in [6.45, 7) is 0. The number of fused-ring (bicyclic) bond motifs is 1. The third kappa shape index (κ3) is 1.39. The van der Waals surface area contributed by atoms with Crippen molar-refractivity contribution in [2.75, 3.05) is 0 Å². The summed E-state index contributed by atoms with van der Waals surface area (Å²) >= 11 is 1.75. The zero-order chi connectivity index (χ0) is 10.5. The molecule has 1 aromatic carbocycles. The molecule has 0 saturated heterocycles. The van der Waals surface area contributed by atoms with E-state index in [1.165, 1.54) is 15.6 Å². The molecule has 1 aromatic heterocycles. The molecule has 2 nitrogen and oxygen atoms in total. The predicted molar refractivity (Wildman–Crippen MR) is 64.9 cm³/mol. The van der Waals surface area contributed by atoms with E-state index in [4.69, 9.17) is 11.5 Å². The number of nitrogens with two attached hydrogens (primary N) is 2. The number of thiophene rings is 1. The van der Waals surface area contributed by atoms with Gasteiger partial charge in [0.05, 0.1) is 0 Å². The maximum atomic E-state index is 6.23. The highest BCUT2D eigenvalue weighted by atomic mass is 32.1. The lowest BCUT2D eigenvalue weighted by Crippen LogP contribution is -2.36. The lowest BCUT2D eigenvalue weighted by molar-refractivity contribution is 0.540. The van der Waals surface area contributed by atoms with Crippen LogP contribution in [0, 0.1) is 0 Å². The van der Waals surface area contributed by atoms with Crippen molar-refractivity contribution in [3.8, 4) is 0 Å². The molecule has 1 aliphatic rings. The minimum atomic E-state index is -0.135. The van der Waals surface area contributed by atoms with Gasteiger partial charge >= 0.3 is 0 Å². The van der Waals surface area contributed by atoms with E-state index in [1.807, 2.05) is 0 Å². The Kier molecular flexibility index (Phi) is 1.89. The highest BCUT2D eigenvalue weighted by Gasteiger charge is 2.45. The van der Waals surface area contributed by atoms with E-state index >= 15 is 0 Å². The average molecular weight is 218 g/mol. The number of benzene rings is 1. The van der Waals surface area contributed by atoms with Gasteiger partial charge in [-0.1, -0.05) is 18.2 Å². The molecule has 1 aliphatic carbocycles. The molecule has 78 valence electrons. The lowest BCUT2D eigenvalue weighted by atomic mass is 9.98. The SMILES string of the molecule is NC(c1csc2ccccc12)C1(N)CC1.